The second-order valence-corrected chi connectivity index (χ2v) is 12.8. The van der Waals surface area contributed by atoms with E-state index in [0.717, 1.165) is 21.6 Å². The molecule has 15 heteroatoms. The lowest BCUT2D eigenvalue weighted by molar-refractivity contribution is -0.125. The van der Waals surface area contributed by atoms with Gasteiger partial charge in [0.15, 0.2) is 18.1 Å². The van der Waals surface area contributed by atoms with Gasteiger partial charge in [0.2, 0.25) is 5.91 Å². The summed E-state index contributed by atoms with van der Waals surface area (Å²) in [5, 5.41) is 18.1. The summed E-state index contributed by atoms with van der Waals surface area (Å²) in [6.07, 6.45) is 2.16. The molecule has 4 aromatic rings. The van der Waals surface area contributed by atoms with Gasteiger partial charge in [-0.05, 0) is 66.1 Å². The van der Waals surface area contributed by atoms with E-state index in [1.807, 2.05) is 32.0 Å². The molecule has 3 aliphatic rings. The molecule has 252 valence electrons. The highest BCUT2D eigenvalue weighted by Gasteiger charge is 2.36. The van der Waals surface area contributed by atoms with Gasteiger partial charge in [-0.15, -0.1) is 16.4 Å². The topological polar surface area (TPSA) is 159 Å². The Labute approximate surface area is 281 Å². The number of ether oxygens (including phenoxy) is 4. The van der Waals surface area contributed by atoms with Crippen LogP contribution in [0.3, 0.4) is 0 Å². The van der Waals surface area contributed by atoms with Crippen molar-refractivity contribution in [1.82, 2.24) is 35.7 Å². The van der Waals surface area contributed by atoms with Gasteiger partial charge in [-0.25, -0.2) is 0 Å². The van der Waals surface area contributed by atoms with Crippen molar-refractivity contribution in [3.8, 4) is 28.0 Å². The standard InChI is InChI=1S/C33H37N7O7S/c1-19-20(2)48-33(40-18-35-37-38-40)31(19)32(43)39-12-11-25-24(16-39)36-30(42)17-46-28-13-21(5-9-26(28)44-3)6-10-29(41)34-15-22-7-8-23(47-25)14-27(22)45-4/h5,7-9,13-14,18,24-25H,6,10-12,15-17H2,1-4H3,(H,34,41)(H,36,42)/t24-,25+/m1/s1. The summed E-state index contributed by atoms with van der Waals surface area (Å²) in [7, 11) is 3.08. The number of carbonyl (C=O) groups excluding carboxylic acids is 3. The minimum absolute atomic E-state index is 0.116. The lowest BCUT2D eigenvalue weighted by atomic mass is 10.00. The van der Waals surface area contributed by atoms with Gasteiger partial charge in [-0.1, -0.05) is 6.07 Å². The predicted molar refractivity (Wildman–Crippen MR) is 175 cm³/mol. The lowest BCUT2D eigenvalue weighted by Gasteiger charge is -2.39. The third-order valence-corrected chi connectivity index (χ3v) is 9.77. The van der Waals surface area contributed by atoms with Crippen LogP contribution in [0.25, 0.3) is 5.00 Å². The highest BCUT2D eigenvalue weighted by Crippen LogP contribution is 2.33. The zero-order valence-corrected chi connectivity index (χ0v) is 28.0. The lowest BCUT2D eigenvalue weighted by Crippen LogP contribution is -2.58. The number of fused-ring (bicyclic) bond motifs is 9. The first-order chi connectivity index (χ1) is 23.2. The molecule has 0 radical (unpaired) electrons. The van der Waals surface area contributed by atoms with E-state index in [2.05, 4.69) is 26.2 Å². The smallest absolute Gasteiger partial charge is 0.258 e. The summed E-state index contributed by atoms with van der Waals surface area (Å²) in [6, 6.07) is 10.2. The highest BCUT2D eigenvalue weighted by molar-refractivity contribution is 7.15. The SMILES string of the molecule is COc1cc2ccc1CNC(=O)CCc1ccc(OC)c(c1)OCC(=O)N[C@@H]1CN(C(=O)c3c(-n4cnnn4)sc(C)c3C)CC[C@@H]1O2. The van der Waals surface area contributed by atoms with Gasteiger partial charge >= 0.3 is 0 Å². The molecule has 4 bridgehead atoms. The maximum atomic E-state index is 14.1. The molecule has 7 rings (SSSR count). The van der Waals surface area contributed by atoms with Crippen molar-refractivity contribution in [2.75, 3.05) is 33.9 Å². The largest absolute Gasteiger partial charge is 0.496 e. The number of tetrazole rings is 1. The number of benzene rings is 2. The zero-order chi connectivity index (χ0) is 33.8. The van der Waals surface area contributed by atoms with Crippen LogP contribution >= 0.6 is 11.3 Å². The number of thiophene rings is 1. The minimum Gasteiger partial charge on any atom is -0.496 e. The van der Waals surface area contributed by atoms with E-state index in [1.54, 1.807) is 30.2 Å². The third-order valence-electron chi connectivity index (χ3n) is 8.57. The van der Waals surface area contributed by atoms with Gasteiger partial charge in [0.1, 0.15) is 28.9 Å². The van der Waals surface area contributed by atoms with Crippen molar-refractivity contribution in [3.63, 3.8) is 0 Å². The molecule has 48 heavy (non-hydrogen) atoms. The number of amides is 3. The Morgan fingerprint density at radius 1 is 1.04 bits per heavy atom. The monoisotopic (exact) mass is 675 g/mol. The number of aryl methyl sites for hydroxylation is 2. The highest BCUT2D eigenvalue weighted by atomic mass is 32.1. The molecular weight excluding hydrogens is 638 g/mol. The number of piperidine rings is 1. The van der Waals surface area contributed by atoms with Crippen LogP contribution in [0, 0.1) is 13.8 Å². The van der Waals surface area contributed by atoms with Crippen molar-refractivity contribution >= 4 is 29.1 Å². The number of hydrogen-bond donors (Lipinski definition) is 2. The van der Waals surface area contributed by atoms with Crippen LogP contribution in [0.5, 0.6) is 23.0 Å². The van der Waals surface area contributed by atoms with Gasteiger partial charge < -0.3 is 34.5 Å². The molecule has 0 aliphatic carbocycles. The van der Waals surface area contributed by atoms with E-state index < -0.39 is 18.1 Å². The van der Waals surface area contributed by atoms with Crippen molar-refractivity contribution < 1.29 is 33.3 Å². The molecule has 1 saturated heterocycles. The van der Waals surface area contributed by atoms with E-state index in [4.69, 9.17) is 18.9 Å². The number of aromatic nitrogens is 4. The molecule has 2 aromatic carbocycles. The molecule has 0 spiro atoms. The first-order valence-electron chi connectivity index (χ1n) is 15.6. The van der Waals surface area contributed by atoms with E-state index in [0.29, 0.717) is 52.9 Å². The zero-order valence-electron chi connectivity index (χ0n) is 27.1. The summed E-state index contributed by atoms with van der Waals surface area (Å²) < 4.78 is 25.0. The fourth-order valence-corrected chi connectivity index (χ4v) is 6.93. The van der Waals surface area contributed by atoms with Gasteiger partial charge in [-0.3, -0.25) is 14.4 Å². The second kappa shape index (κ2) is 14.3. The Bertz CT molecular complexity index is 1810. The number of methoxy groups -OCH3 is 2. The molecule has 5 heterocycles. The number of likely N-dealkylation sites (tertiary alicyclic amines) is 1. The molecule has 14 nitrogen and oxygen atoms in total. The van der Waals surface area contributed by atoms with Gasteiger partial charge in [-0.2, -0.15) is 4.68 Å². The molecule has 0 saturated carbocycles. The molecule has 2 aromatic heterocycles. The normalized spacial score (nSPS) is 18.6. The molecule has 0 unspecified atom stereocenters. The summed E-state index contributed by atoms with van der Waals surface area (Å²) in [5.41, 5.74) is 3.03. The van der Waals surface area contributed by atoms with Crippen molar-refractivity contribution in [2.45, 2.75) is 51.8 Å². The number of carbonyl (C=O) groups is 3. The fourth-order valence-electron chi connectivity index (χ4n) is 5.87. The van der Waals surface area contributed by atoms with Crippen molar-refractivity contribution in [3.05, 3.63) is 69.9 Å². The van der Waals surface area contributed by atoms with Crippen molar-refractivity contribution in [1.29, 1.82) is 0 Å². The van der Waals surface area contributed by atoms with Crippen LogP contribution in [-0.4, -0.2) is 88.9 Å². The second-order valence-electron chi connectivity index (χ2n) is 11.6. The van der Waals surface area contributed by atoms with Crippen LogP contribution in [0.4, 0.5) is 0 Å². The summed E-state index contributed by atoms with van der Waals surface area (Å²) in [5.74, 6) is 1.25. The molecule has 3 aliphatic heterocycles. The quantitative estimate of drug-likeness (QED) is 0.330. The van der Waals surface area contributed by atoms with E-state index in [9.17, 15) is 14.4 Å². The van der Waals surface area contributed by atoms with E-state index in [-0.39, 0.29) is 37.9 Å². The molecule has 2 atom stereocenters. The maximum absolute atomic E-state index is 14.1. The summed E-state index contributed by atoms with van der Waals surface area (Å²) in [6.45, 7) is 4.43. The Hall–Kier alpha value is -5.18. The van der Waals surface area contributed by atoms with Gasteiger partial charge in [0.05, 0.1) is 25.8 Å². The number of hydrogen-bond acceptors (Lipinski definition) is 11. The number of nitrogens with zero attached hydrogens (tertiary/aromatic N) is 5. The molecule has 3 amide bonds. The number of rotatable bonds is 4. The minimum atomic E-state index is -0.574. The van der Waals surface area contributed by atoms with Crippen LogP contribution < -0.4 is 29.6 Å². The average molecular weight is 676 g/mol. The third kappa shape index (κ3) is 7.05. The first-order valence-corrected chi connectivity index (χ1v) is 16.4. The average Bonchev–Trinajstić information content (AvgIpc) is 3.73. The van der Waals surface area contributed by atoms with Crippen LogP contribution in [0.2, 0.25) is 0 Å². The van der Waals surface area contributed by atoms with Crippen molar-refractivity contribution in [2.24, 2.45) is 0 Å². The molecule has 1 fully saturated rings. The van der Waals surface area contributed by atoms with Crippen LogP contribution in [0.1, 0.15) is 44.8 Å². The maximum Gasteiger partial charge on any atom is 0.258 e. The Morgan fingerprint density at radius 2 is 1.88 bits per heavy atom. The number of nitrogens with one attached hydrogen (secondary N) is 2. The molecule has 2 N–H and O–H groups in total. The molecular formula is C33H37N7O7S. The van der Waals surface area contributed by atoms with E-state index >= 15 is 0 Å². The van der Waals surface area contributed by atoms with Gasteiger partial charge in [0.25, 0.3) is 11.8 Å². The summed E-state index contributed by atoms with van der Waals surface area (Å²) >= 11 is 1.44. The fraction of sp³-hybridized carbons (Fsp3) is 0.394. The van der Waals surface area contributed by atoms with Crippen LogP contribution in [0.15, 0.2) is 42.7 Å². The first kappa shape index (κ1) is 32.7. The van der Waals surface area contributed by atoms with E-state index in [1.165, 1.54) is 29.5 Å². The Kier molecular flexibility index (Phi) is 9.75. The van der Waals surface area contributed by atoms with Crippen LogP contribution in [-0.2, 0) is 22.6 Å². The Balaban J connectivity index is 1.29. The summed E-state index contributed by atoms with van der Waals surface area (Å²) in [4.78, 5) is 42.9. The van der Waals surface area contributed by atoms with Gasteiger partial charge in [0, 0.05) is 49.0 Å². The Morgan fingerprint density at radius 3 is 2.65 bits per heavy atom. The predicted octanol–water partition coefficient (Wildman–Crippen LogP) is 2.78.